The number of rotatable bonds is 3. The summed E-state index contributed by atoms with van der Waals surface area (Å²) in [6.45, 7) is 2.19. The molecule has 128 valence electrons. The number of halogens is 4. The van der Waals surface area contributed by atoms with Gasteiger partial charge in [0.1, 0.15) is 0 Å². The number of aryl methyl sites for hydroxylation is 1. The predicted octanol–water partition coefficient (Wildman–Crippen LogP) is 5.91. The van der Waals surface area contributed by atoms with Gasteiger partial charge >= 0.3 is 6.36 Å². The van der Waals surface area contributed by atoms with Crippen LogP contribution in [-0.4, -0.2) is 6.36 Å². The molecule has 0 radical (unpaired) electrons. The van der Waals surface area contributed by atoms with Gasteiger partial charge in [0.15, 0.2) is 11.6 Å². The second-order valence-corrected chi connectivity index (χ2v) is 6.19. The van der Waals surface area contributed by atoms with Crippen LogP contribution in [-0.2, 0) is 12.8 Å². The minimum Gasteiger partial charge on any atom is -0.403 e. The van der Waals surface area contributed by atoms with Crippen LogP contribution in [0.15, 0.2) is 36.4 Å². The first-order chi connectivity index (χ1) is 11.4. The lowest BCUT2D eigenvalue weighted by Crippen LogP contribution is -2.17. The van der Waals surface area contributed by atoms with Crippen molar-refractivity contribution in [1.82, 2.24) is 0 Å². The molecule has 24 heavy (non-hydrogen) atoms. The van der Waals surface area contributed by atoms with E-state index in [4.69, 9.17) is 0 Å². The quantitative estimate of drug-likeness (QED) is 0.633. The number of alkyl halides is 3. The summed E-state index contributed by atoms with van der Waals surface area (Å²) in [5, 5.41) is 0. The molecule has 0 spiro atoms. The van der Waals surface area contributed by atoms with Crippen LogP contribution >= 0.6 is 0 Å². The van der Waals surface area contributed by atoms with Gasteiger partial charge in [0.25, 0.3) is 0 Å². The van der Waals surface area contributed by atoms with Crippen LogP contribution in [0, 0.1) is 11.7 Å². The Morgan fingerprint density at radius 1 is 1.04 bits per heavy atom. The molecule has 0 saturated carbocycles. The molecule has 0 heterocycles. The Bertz CT molecular complexity index is 737. The van der Waals surface area contributed by atoms with Gasteiger partial charge < -0.3 is 4.74 Å². The van der Waals surface area contributed by atoms with Gasteiger partial charge in [-0.2, -0.15) is 0 Å². The number of fused-ring (bicyclic) bond motifs is 1. The van der Waals surface area contributed by atoms with Crippen molar-refractivity contribution in [2.75, 3.05) is 0 Å². The molecule has 5 heteroatoms. The van der Waals surface area contributed by atoms with E-state index >= 15 is 0 Å². The summed E-state index contributed by atoms with van der Waals surface area (Å²) in [5.74, 6) is -1.12. The van der Waals surface area contributed by atoms with E-state index in [1.807, 2.05) is 18.2 Å². The molecule has 0 N–H and O–H groups in total. The monoisotopic (exact) mass is 338 g/mol. The second kappa shape index (κ2) is 6.46. The van der Waals surface area contributed by atoms with Crippen LogP contribution in [0.3, 0.4) is 0 Å². The third-order valence-corrected chi connectivity index (χ3v) is 4.61. The summed E-state index contributed by atoms with van der Waals surface area (Å²) >= 11 is 0. The van der Waals surface area contributed by atoms with Crippen molar-refractivity contribution in [2.24, 2.45) is 5.92 Å². The summed E-state index contributed by atoms with van der Waals surface area (Å²) in [7, 11) is 0. The minimum absolute atomic E-state index is 0.544. The normalized spacial score (nSPS) is 17.5. The largest absolute Gasteiger partial charge is 0.573 e. The van der Waals surface area contributed by atoms with E-state index in [0.717, 1.165) is 43.4 Å². The molecule has 2 aromatic carbocycles. The summed E-state index contributed by atoms with van der Waals surface area (Å²) in [6, 6.07) is 9.51. The molecule has 3 rings (SSSR count). The Morgan fingerprint density at radius 3 is 2.42 bits per heavy atom. The highest BCUT2D eigenvalue weighted by Gasteiger charge is 2.32. The zero-order valence-corrected chi connectivity index (χ0v) is 13.3. The van der Waals surface area contributed by atoms with E-state index in [-0.39, 0.29) is 0 Å². The number of benzene rings is 2. The van der Waals surface area contributed by atoms with Crippen molar-refractivity contribution in [3.05, 3.63) is 53.3 Å². The standard InChI is InChI=1S/C19H18F4O/c1-2-12-3-4-14-10-15(6-5-13(14)9-12)16-7-8-18(17(20)11-16)24-19(21,22)23/h5-8,10-12H,2-4,9H2,1H3. The SMILES string of the molecule is CCC1CCc2cc(-c3ccc(OC(F)(F)F)c(F)c3)ccc2C1. The van der Waals surface area contributed by atoms with Crippen molar-refractivity contribution in [1.29, 1.82) is 0 Å². The lowest BCUT2D eigenvalue weighted by molar-refractivity contribution is -0.275. The van der Waals surface area contributed by atoms with Gasteiger partial charge in [-0.1, -0.05) is 37.6 Å². The highest BCUT2D eigenvalue weighted by Crippen LogP contribution is 2.33. The molecular formula is C19H18F4O. The molecule has 1 aliphatic rings. The second-order valence-electron chi connectivity index (χ2n) is 6.19. The van der Waals surface area contributed by atoms with Crippen LogP contribution in [0.1, 0.15) is 30.9 Å². The molecule has 0 saturated heterocycles. The average Bonchev–Trinajstić information content (AvgIpc) is 2.54. The Balaban J connectivity index is 1.86. The molecule has 0 bridgehead atoms. The maximum Gasteiger partial charge on any atom is 0.573 e. The molecule has 1 aliphatic carbocycles. The van der Waals surface area contributed by atoms with Crippen molar-refractivity contribution in [3.63, 3.8) is 0 Å². The van der Waals surface area contributed by atoms with Crippen LogP contribution in [0.2, 0.25) is 0 Å². The van der Waals surface area contributed by atoms with Crippen molar-refractivity contribution in [3.8, 4) is 16.9 Å². The van der Waals surface area contributed by atoms with Crippen molar-refractivity contribution < 1.29 is 22.3 Å². The van der Waals surface area contributed by atoms with Crippen LogP contribution in [0.4, 0.5) is 17.6 Å². The van der Waals surface area contributed by atoms with Crippen molar-refractivity contribution >= 4 is 0 Å². The highest BCUT2D eigenvalue weighted by molar-refractivity contribution is 5.66. The van der Waals surface area contributed by atoms with E-state index in [0.29, 0.717) is 11.5 Å². The number of ether oxygens (including phenoxy) is 1. The maximum atomic E-state index is 13.9. The van der Waals surface area contributed by atoms with Gasteiger partial charge in [0.05, 0.1) is 0 Å². The fourth-order valence-corrected chi connectivity index (χ4v) is 3.25. The summed E-state index contributed by atoms with van der Waals surface area (Å²) in [5.41, 5.74) is 3.91. The van der Waals surface area contributed by atoms with Gasteiger partial charge in [0.2, 0.25) is 0 Å². The van der Waals surface area contributed by atoms with Crippen LogP contribution in [0.25, 0.3) is 11.1 Å². The van der Waals surface area contributed by atoms with E-state index in [2.05, 4.69) is 11.7 Å². The summed E-state index contributed by atoms with van der Waals surface area (Å²) in [6.07, 6.45) is -0.561. The van der Waals surface area contributed by atoms with E-state index in [1.54, 1.807) is 0 Å². The third-order valence-electron chi connectivity index (χ3n) is 4.61. The minimum atomic E-state index is -4.90. The molecule has 1 unspecified atom stereocenters. The molecule has 0 fully saturated rings. The molecule has 0 aromatic heterocycles. The lowest BCUT2D eigenvalue weighted by Gasteiger charge is -2.24. The van der Waals surface area contributed by atoms with Crippen molar-refractivity contribution in [2.45, 2.75) is 39.0 Å². The Morgan fingerprint density at radius 2 is 1.75 bits per heavy atom. The topological polar surface area (TPSA) is 9.23 Å². The summed E-state index contributed by atoms with van der Waals surface area (Å²) in [4.78, 5) is 0. The molecule has 0 aliphatic heterocycles. The molecule has 0 amide bonds. The average molecular weight is 338 g/mol. The Labute approximate surface area is 138 Å². The maximum absolute atomic E-state index is 13.9. The fraction of sp³-hybridized carbons (Fsp3) is 0.368. The first-order valence-electron chi connectivity index (χ1n) is 8.03. The smallest absolute Gasteiger partial charge is 0.403 e. The highest BCUT2D eigenvalue weighted by atomic mass is 19.4. The Hall–Kier alpha value is -2.04. The van der Waals surface area contributed by atoms with E-state index in [9.17, 15) is 17.6 Å². The van der Waals surface area contributed by atoms with Crippen LogP contribution < -0.4 is 4.74 Å². The zero-order valence-electron chi connectivity index (χ0n) is 13.3. The zero-order chi connectivity index (χ0) is 17.3. The van der Waals surface area contributed by atoms with Gasteiger partial charge in [-0.3, -0.25) is 0 Å². The van der Waals surface area contributed by atoms with Gasteiger partial charge in [0, 0.05) is 0 Å². The van der Waals surface area contributed by atoms with Gasteiger partial charge in [-0.05, 0) is 59.6 Å². The molecule has 1 nitrogen and oxygen atoms in total. The lowest BCUT2D eigenvalue weighted by atomic mass is 9.81. The first-order valence-corrected chi connectivity index (χ1v) is 8.03. The van der Waals surface area contributed by atoms with E-state index in [1.165, 1.54) is 17.2 Å². The molecule has 2 aromatic rings. The van der Waals surface area contributed by atoms with E-state index < -0.39 is 17.9 Å². The molecule has 1 atom stereocenters. The first kappa shape index (κ1) is 16.8. The third kappa shape index (κ3) is 3.71. The predicted molar refractivity (Wildman–Crippen MR) is 84.3 cm³/mol. The van der Waals surface area contributed by atoms with Gasteiger partial charge in [-0.15, -0.1) is 13.2 Å². The number of hydrogen-bond acceptors (Lipinski definition) is 1. The fourth-order valence-electron chi connectivity index (χ4n) is 3.25. The number of hydrogen-bond donors (Lipinski definition) is 0. The van der Waals surface area contributed by atoms with Crippen LogP contribution in [0.5, 0.6) is 5.75 Å². The Kier molecular flexibility index (Phi) is 4.52. The van der Waals surface area contributed by atoms with Gasteiger partial charge in [-0.25, -0.2) is 4.39 Å². The summed E-state index contributed by atoms with van der Waals surface area (Å²) < 4.78 is 54.2. The molecular weight excluding hydrogens is 320 g/mol.